The summed E-state index contributed by atoms with van der Waals surface area (Å²) in [6, 6.07) is 5.34. The number of hydrogen-bond donors (Lipinski definition) is 1. The third-order valence-electron chi connectivity index (χ3n) is 3.69. The van der Waals surface area contributed by atoms with Crippen LogP contribution in [-0.4, -0.2) is 48.5 Å². The van der Waals surface area contributed by atoms with Gasteiger partial charge in [-0.25, -0.2) is 4.39 Å². The van der Waals surface area contributed by atoms with Gasteiger partial charge in [-0.2, -0.15) is 13.2 Å². The molecular formula is C15H19F4NO2. The number of alkyl halides is 3. The first-order chi connectivity index (χ1) is 10.3. The van der Waals surface area contributed by atoms with Gasteiger partial charge in [0.05, 0.1) is 5.92 Å². The number of benzene rings is 1. The SMILES string of the molecule is O[C@H](COc1ccc(F)cc1)CN1CCC[C@H](C(F)(F)F)C1. The number of β-amino-alcohol motifs (C(OH)–C–C–N with tert-alkyl or cyclic N) is 1. The van der Waals surface area contributed by atoms with Gasteiger partial charge in [0, 0.05) is 13.1 Å². The molecule has 1 aromatic carbocycles. The van der Waals surface area contributed by atoms with Crippen molar-refractivity contribution in [1.29, 1.82) is 0 Å². The van der Waals surface area contributed by atoms with E-state index >= 15 is 0 Å². The van der Waals surface area contributed by atoms with Crippen LogP contribution in [0.5, 0.6) is 5.75 Å². The van der Waals surface area contributed by atoms with Gasteiger partial charge in [0.25, 0.3) is 0 Å². The second kappa shape index (κ2) is 7.28. The van der Waals surface area contributed by atoms with Gasteiger partial charge in [0.15, 0.2) is 0 Å². The molecule has 0 unspecified atom stereocenters. The summed E-state index contributed by atoms with van der Waals surface area (Å²) in [6.07, 6.45) is -4.47. The average Bonchev–Trinajstić information content (AvgIpc) is 2.46. The number of ether oxygens (including phenoxy) is 1. The lowest BCUT2D eigenvalue weighted by atomic mass is 9.97. The Morgan fingerprint density at radius 3 is 2.59 bits per heavy atom. The number of nitrogens with zero attached hydrogens (tertiary/aromatic N) is 1. The third-order valence-corrected chi connectivity index (χ3v) is 3.69. The molecule has 0 radical (unpaired) electrons. The molecule has 1 aliphatic heterocycles. The van der Waals surface area contributed by atoms with Gasteiger partial charge in [-0.05, 0) is 43.7 Å². The van der Waals surface area contributed by atoms with Gasteiger partial charge in [-0.3, -0.25) is 0 Å². The Labute approximate surface area is 126 Å². The van der Waals surface area contributed by atoms with Crippen LogP contribution in [0.4, 0.5) is 17.6 Å². The fourth-order valence-electron chi connectivity index (χ4n) is 2.56. The highest BCUT2D eigenvalue weighted by Crippen LogP contribution is 2.33. The number of halogens is 4. The zero-order chi connectivity index (χ0) is 16.2. The average molecular weight is 321 g/mol. The van der Waals surface area contributed by atoms with Crippen LogP contribution in [0.15, 0.2) is 24.3 Å². The highest BCUT2D eigenvalue weighted by atomic mass is 19.4. The van der Waals surface area contributed by atoms with Crippen LogP contribution in [0.2, 0.25) is 0 Å². The van der Waals surface area contributed by atoms with E-state index in [9.17, 15) is 22.7 Å². The van der Waals surface area contributed by atoms with Crippen molar-refractivity contribution in [3.63, 3.8) is 0 Å². The second-order valence-corrected chi connectivity index (χ2v) is 5.56. The van der Waals surface area contributed by atoms with Gasteiger partial charge in [-0.1, -0.05) is 0 Å². The van der Waals surface area contributed by atoms with Gasteiger partial charge in [0.1, 0.15) is 24.3 Å². The third kappa shape index (κ3) is 5.14. The molecule has 22 heavy (non-hydrogen) atoms. The Kier molecular flexibility index (Phi) is 5.63. The topological polar surface area (TPSA) is 32.7 Å². The van der Waals surface area contributed by atoms with Crippen LogP contribution >= 0.6 is 0 Å². The number of aliphatic hydroxyl groups excluding tert-OH is 1. The minimum atomic E-state index is -4.19. The quantitative estimate of drug-likeness (QED) is 0.847. The van der Waals surface area contributed by atoms with E-state index in [0.717, 1.165) is 0 Å². The summed E-state index contributed by atoms with van der Waals surface area (Å²) >= 11 is 0. The summed E-state index contributed by atoms with van der Waals surface area (Å²) in [4.78, 5) is 1.61. The van der Waals surface area contributed by atoms with E-state index in [-0.39, 0.29) is 31.9 Å². The second-order valence-electron chi connectivity index (χ2n) is 5.56. The molecule has 1 saturated heterocycles. The molecule has 0 spiro atoms. The van der Waals surface area contributed by atoms with Crippen molar-refractivity contribution in [1.82, 2.24) is 4.90 Å². The maximum atomic E-state index is 12.7. The van der Waals surface area contributed by atoms with Gasteiger partial charge >= 0.3 is 6.18 Å². The normalized spacial score (nSPS) is 21.6. The summed E-state index contributed by atoms with van der Waals surface area (Å²) < 4.78 is 56.1. The van der Waals surface area contributed by atoms with E-state index in [4.69, 9.17) is 4.74 Å². The molecule has 1 fully saturated rings. The Bertz CT molecular complexity index is 464. The van der Waals surface area contributed by atoms with Crippen molar-refractivity contribution in [3.8, 4) is 5.75 Å². The molecule has 2 atom stereocenters. The lowest BCUT2D eigenvalue weighted by Crippen LogP contribution is -2.45. The lowest BCUT2D eigenvalue weighted by Gasteiger charge is -2.34. The number of rotatable bonds is 5. The summed E-state index contributed by atoms with van der Waals surface area (Å²) in [5.74, 6) is -1.31. The van der Waals surface area contributed by atoms with Crippen molar-refractivity contribution in [3.05, 3.63) is 30.1 Å². The first-order valence-electron chi connectivity index (χ1n) is 7.20. The van der Waals surface area contributed by atoms with E-state index in [1.807, 2.05) is 0 Å². The number of likely N-dealkylation sites (tertiary alicyclic amines) is 1. The van der Waals surface area contributed by atoms with E-state index in [1.165, 1.54) is 24.3 Å². The van der Waals surface area contributed by atoms with Crippen LogP contribution in [0.1, 0.15) is 12.8 Å². The zero-order valence-corrected chi connectivity index (χ0v) is 12.0. The van der Waals surface area contributed by atoms with E-state index < -0.39 is 18.2 Å². The standard InChI is InChI=1S/C15H19F4NO2/c16-12-3-5-14(6-4-12)22-10-13(21)9-20-7-1-2-11(8-20)15(17,18)19/h3-6,11,13,21H,1-2,7-10H2/t11-,13-/m0/s1. The number of piperidine rings is 1. The molecule has 7 heteroatoms. The maximum Gasteiger partial charge on any atom is 0.393 e. The summed E-state index contributed by atoms with van der Waals surface area (Å²) in [5, 5.41) is 9.88. The molecule has 0 aliphatic carbocycles. The van der Waals surface area contributed by atoms with Crippen molar-refractivity contribution in [2.24, 2.45) is 5.92 Å². The first-order valence-corrected chi connectivity index (χ1v) is 7.20. The Morgan fingerprint density at radius 1 is 1.27 bits per heavy atom. The van der Waals surface area contributed by atoms with Gasteiger partial charge in [0.2, 0.25) is 0 Å². The van der Waals surface area contributed by atoms with Crippen LogP contribution in [0, 0.1) is 11.7 Å². The Morgan fingerprint density at radius 2 is 1.95 bits per heavy atom. The molecule has 1 N–H and O–H groups in total. The predicted octanol–water partition coefficient (Wildman–Crippen LogP) is 2.84. The molecule has 3 nitrogen and oxygen atoms in total. The van der Waals surface area contributed by atoms with Gasteiger partial charge < -0.3 is 14.7 Å². The molecule has 124 valence electrons. The van der Waals surface area contributed by atoms with Crippen LogP contribution in [0.25, 0.3) is 0 Å². The fourth-order valence-corrected chi connectivity index (χ4v) is 2.56. The molecule has 1 aromatic rings. The van der Waals surface area contributed by atoms with E-state index in [0.29, 0.717) is 18.7 Å². The Balaban J connectivity index is 1.76. The fraction of sp³-hybridized carbons (Fsp3) is 0.600. The number of hydrogen-bond acceptors (Lipinski definition) is 3. The number of aliphatic hydroxyl groups is 1. The van der Waals surface area contributed by atoms with Crippen LogP contribution in [-0.2, 0) is 0 Å². The minimum absolute atomic E-state index is 0.0428. The smallest absolute Gasteiger partial charge is 0.393 e. The largest absolute Gasteiger partial charge is 0.491 e. The molecular weight excluding hydrogens is 302 g/mol. The molecule has 0 aromatic heterocycles. The van der Waals surface area contributed by atoms with Crippen LogP contribution < -0.4 is 4.74 Å². The highest BCUT2D eigenvalue weighted by molar-refractivity contribution is 5.22. The van der Waals surface area contributed by atoms with Crippen molar-refractivity contribution < 1.29 is 27.4 Å². The summed E-state index contributed by atoms with van der Waals surface area (Å²) in [7, 11) is 0. The predicted molar refractivity (Wildman–Crippen MR) is 73.1 cm³/mol. The molecule has 1 aliphatic rings. The Hall–Kier alpha value is -1.34. The van der Waals surface area contributed by atoms with Crippen molar-refractivity contribution in [2.45, 2.75) is 25.1 Å². The summed E-state index contributed by atoms with van der Waals surface area (Å²) in [6.45, 7) is 0.546. The molecule has 0 amide bonds. The molecule has 2 rings (SSSR count). The first kappa shape index (κ1) is 17.0. The highest BCUT2D eigenvalue weighted by Gasteiger charge is 2.41. The van der Waals surface area contributed by atoms with Crippen molar-refractivity contribution >= 4 is 0 Å². The molecule has 0 bridgehead atoms. The minimum Gasteiger partial charge on any atom is -0.491 e. The van der Waals surface area contributed by atoms with Gasteiger partial charge in [-0.15, -0.1) is 0 Å². The molecule has 0 saturated carbocycles. The summed E-state index contributed by atoms with van der Waals surface area (Å²) in [5.41, 5.74) is 0. The van der Waals surface area contributed by atoms with Crippen molar-refractivity contribution in [2.75, 3.05) is 26.2 Å². The van der Waals surface area contributed by atoms with Crippen LogP contribution in [0.3, 0.4) is 0 Å². The lowest BCUT2D eigenvalue weighted by molar-refractivity contribution is -0.187. The molecule has 1 heterocycles. The van der Waals surface area contributed by atoms with E-state index in [1.54, 1.807) is 4.90 Å². The monoisotopic (exact) mass is 321 g/mol. The zero-order valence-electron chi connectivity index (χ0n) is 12.0. The maximum absolute atomic E-state index is 12.7. The van der Waals surface area contributed by atoms with E-state index in [2.05, 4.69) is 0 Å².